The molecule has 9 nitrogen and oxygen atoms in total. The molecule has 3 aromatic rings. The van der Waals surface area contributed by atoms with Gasteiger partial charge >= 0.3 is 6.18 Å². The summed E-state index contributed by atoms with van der Waals surface area (Å²) in [7, 11) is 0. The molecule has 0 aliphatic carbocycles. The summed E-state index contributed by atoms with van der Waals surface area (Å²) in [6.07, 6.45) is -13.3. The van der Waals surface area contributed by atoms with Gasteiger partial charge in [-0.25, -0.2) is 0 Å². The van der Waals surface area contributed by atoms with Crippen molar-refractivity contribution in [1.29, 1.82) is 0 Å². The van der Waals surface area contributed by atoms with E-state index in [0.717, 1.165) is 5.56 Å². The van der Waals surface area contributed by atoms with Crippen molar-refractivity contribution in [3.8, 4) is 11.6 Å². The molecule has 2 aromatic carbocycles. The molecule has 5 N–H and O–H groups in total. The molecule has 2 heterocycles. The number of aromatic amines is 1. The molecular formula is C24H25F3N2O7. The van der Waals surface area contributed by atoms with E-state index in [1.807, 2.05) is 35.4 Å². The van der Waals surface area contributed by atoms with Crippen LogP contribution in [-0.2, 0) is 23.9 Å². The number of alkyl halides is 3. The third-order valence-electron chi connectivity index (χ3n) is 5.77. The van der Waals surface area contributed by atoms with Crippen molar-refractivity contribution in [2.45, 2.75) is 49.9 Å². The lowest BCUT2D eigenvalue weighted by Crippen LogP contribution is -2.60. The quantitative estimate of drug-likeness (QED) is 0.309. The highest BCUT2D eigenvalue weighted by atomic mass is 19.4. The highest BCUT2D eigenvalue weighted by Crippen LogP contribution is 2.38. The third kappa shape index (κ3) is 5.63. The van der Waals surface area contributed by atoms with E-state index in [4.69, 9.17) is 14.2 Å². The van der Waals surface area contributed by atoms with Crippen molar-refractivity contribution in [3.63, 3.8) is 0 Å². The number of rotatable bonds is 8. The molecule has 1 saturated heterocycles. The van der Waals surface area contributed by atoms with Gasteiger partial charge in [0.15, 0.2) is 0 Å². The van der Waals surface area contributed by atoms with Crippen LogP contribution in [0.1, 0.15) is 22.4 Å². The maximum Gasteiger partial charge on any atom is 0.433 e. The normalized spacial score (nSPS) is 24.5. The zero-order chi connectivity index (χ0) is 25.9. The fourth-order valence-electron chi connectivity index (χ4n) is 3.84. The van der Waals surface area contributed by atoms with Crippen LogP contribution < -0.4 is 9.47 Å². The number of benzene rings is 2. The lowest BCUT2D eigenvalue weighted by molar-refractivity contribution is -0.278. The summed E-state index contributed by atoms with van der Waals surface area (Å²) >= 11 is 0. The van der Waals surface area contributed by atoms with Crippen LogP contribution in [-0.4, -0.2) is 67.9 Å². The van der Waals surface area contributed by atoms with Gasteiger partial charge in [0.2, 0.25) is 12.2 Å². The van der Waals surface area contributed by atoms with Crippen molar-refractivity contribution < 1.29 is 47.8 Å². The van der Waals surface area contributed by atoms with E-state index in [2.05, 4.69) is 5.10 Å². The summed E-state index contributed by atoms with van der Waals surface area (Å²) in [6, 6.07) is 15.8. The zero-order valence-corrected chi connectivity index (χ0v) is 18.8. The molecule has 0 bridgehead atoms. The standard InChI is InChI=1S/C24H25F3N2O7/c25-24(26,27)21-15(10-14-8-4-5-9-16(14)34-12-13-6-2-1-3-7-13)22(29-28-21)36-23-20(33)19(32)18(31)17(11-30)35-23/h1-9,17-20,23,30-33H,10-12H2,(H,28,29)/t17-,18-,19+,20-,23+/m1/s1. The molecule has 0 radical (unpaired) electrons. The van der Waals surface area contributed by atoms with Gasteiger partial charge in [-0.2, -0.15) is 13.2 Å². The topological polar surface area (TPSA) is 137 Å². The maximum absolute atomic E-state index is 13.8. The predicted molar refractivity (Wildman–Crippen MR) is 118 cm³/mol. The third-order valence-corrected chi connectivity index (χ3v) is 5.77. The molecular weight excluding hydrogens is 485 g/mol. The summed E-state index contributed by atoms with van der Waals surface area (Å²) in [4.78, 5) is 0. The highest BCUT2D eigenvalue weighted by Gasteiger charge is 2.46. The van der Waals surface area contributed by atoms with E-state index in [1.165, 1.54) is 0 Å². The largest absolute Gasteiger partial charge is 0.489 e. The first-order valence-electron chi connectivity index (χ1n) is 11.0. The van der Waals surface area contributed by atoms with Crippen LogP contribution in [0.3, 0.4) is 0 Å². The van der Waals surface area contributed by atoms with Gasteiger partial charge in [-0.05, 0) is 17.2 Å². The van der Waals surface area contributed by atoms with E-state index in [1.54, 1.807) is 24.3 Å². The number of nitrogens with zero attached hydrogens (tertiary/aromatic N) is 1. The Hall–Kier alpha value is -3.16. The molecule has 12 heteroatoms. The number of aliphatic hydroxyl groups excluding tert-OH is 4. The van der Waals surface area contributed by atoms with E-state index in [9.17, 15) is 33.6 Å². The summed E-state index contributed by atoms with van der Waals surface area (Å²) in [5.41, 5.74) is -0.257. The summed E-state index contributed by atoms with van der Waals surface area (Å²) in [6.45, 7) is -0.526. The fraction of sp³-hybridized carbons (Fsp3) is 0.375. The van der Waals surface area contributed by atoms with E-state index >= 15 is 0 Å². The number of hydrogen-bond donors (Lipinski definition) is 5. The van der Waals surface area contributed by atoms with Crippen molar-refractivity contribution in [3.05, 3.63) is 77.0 Å². The summed E-state index contributed by atoms with van der Waals surface area (Å²) in [5.74, 6) is -0.168. The Kier molecular flexibility index (Phi) is 7.81. The molecule has 36 heavy (non-hydrogen) atoms. The number of aliphatic hydroxyl groups is 4. The number of H-pyrrole nitrogens is 1. The molecule has 4 rings (SSSR count). The number of nitrogens with one attached hydrogen (secondary N) is 1. The minimum absolute atomic E-state index is 0.198. The monoisotopic (exact) mass is 510 g/mol. The molecule has 1 aliphatic heterocycles. The van der Waals surface area contributed by atoms with Gasteiger partial charge in [-0.3, -0.25) is 5.10 Å². The second kappa shape index (κ2) is 10.8. The maximum atomic E-state index is 13.8. The average Bonchev–Trinajstić information content (AvgIpc) is 3.27. The Balaban J connectivity index is 1.61. The van der Waals surface area contributed by atoms with Gasteiger partial charge in [0.05, 0.1) is 12.2 Å². The smallest absolute Gasteiger partial charge is 0.433 e. The van der Waals surface area contributed by atoms with Crippen molar-refractivity contribution >= 4 is 0 Å². The van der Waals surface area contributed by atoms with Gasteiger partial charge in [-0.1, -0.05) is 48.5 Å². The molecule has 1 aliphatic rings. The fourth-order valence-corrected chi connectivity index (χ4v) is 3.84. The molecule has 0 spiro atoms. The number of aromatic nitrogens is 2. The Labute approximate surface area is 203 Å². The number of halogens is 3. The van der Waals surface area contributed by atoms with Crippen LogP contribution in [0.25, 0.3) is 0 Å². The van der Waals surface area contributed by atoms with Gasteiger partial charge in [-0.15, -0.1) is 5.10 Å². The second-order valence-electron chi connectivity index (χ2n) is 8.25. The lowest BCUT2D eigenvalue weighted by atomic mass is 9.99. The SMILES string of the molecule is OC[C@H]1O[C@@H](Oc2n[nH]c(C(F)(F)F)c2Cc2ccccc2OCc2ccccc2)[C@H](O)[C@@H](O)[C@@H]1O. The molecule has 5 atom stereocenters. The van der Waals surface area contributed by atoms with E-state index < -0.39 is 55.1 Å². The van der Waals surface area contributed by atoms with Gasteiger partial charge < -0.3 is 34.6 Å². The first-order chi connectivity index (χ1) is 17.2. The molecule has 0 saturated carbocycles. The van der Waals surface area contributed by atoms with Crippen LogP contribution >= 0.6 is 0 Å². The first-order valence-corrected chi connectivity index (χ1v) is 11.0. The van der Waals surface area contributed by atoms with Crippen LogP contribution in [0.5, 0.6) is 11.6 Å². The minimum atomic E-state index is -4.81. The molecule has 1 fully saturated rings. The Bertz CT molecular complexity index is 1140. The van der Waals surface area contributed by atoms with Crippen molar-refractivity contribution in [2.24, 2.45) is 0 Å². The first kappa shape index (κ1) is 25.9. The Morgan fingerprint density at radius 2 is 1.64 bits per heavy atom. The van der Waals surface area contributed by atoms with Crippen LogP contribution in [0.4, 0.5) is 13.2 Å². The number of para-hydroxylation sites is 1. The van der Waals surface area contributed by atoms with Gasteiger partial charge in [0, 0.05) is 6.42 Å². The predicted octanol–water partition coefficient (Wildman–Crippen LogP) is 1.78. The molecule has 0 amide bonds. The minimum Gasteiger partial charge on any atom is -0.489 e. The van der Waals surface area contributed by atoms with E-state index in [-0.39, 0.29) is 18.6 Å². The number of ether oxygens (including phenoxy) is 3. The zero-order valence-electron chi connectivity index (χ0n) is 18.8. The molecule has 194 valence electrons. The van der Waals surface area contributed by atoms with Crippen LogP contribution in [0.15, 0.2) is 54.6 Å². The molecule has 0 unspecified atom stereocenters. The second-order valence-corrected chi connectivity index (χ2v) is 8.25. The van der Waals surface area contributed by atoms with Crippen LogP contribution in [0, 0.1) is 0 Å². The summed E-state index contributed by atoms with van der Waals surface area (Å²) < 4.78 is 57.9. The lowest BCUT2D eigenvalue weighted by Gasteiger charge is -2.39. The van der Waals surface area contributed by atoms with Crippen LogP contribution in [0.2, 0.25) is 0 Å². The van der Waals surface area contributed by atoms with Gasteiger partial charge in [0.25, 0.3) is 0 Å². The Morgan fingerprint density at radius 3 is 2.33 bits per heavy atom. The summed E-state index contributed by atoms with van der Waals surface area (Å²) in [5, 5.41) is 45.0. The molecule has 1 aromatic heterocycles. The highest BCUT2D eigenvalue weighted by molar-refractivity contribution is 5.43. The van der Waals surface area contributed by atoms with E-state index in [0.29, 0.717) is 11.3 Å². The van der Waals surface area contributed by atoms with Crippen molar-refractivity contribution in [2.75, 3.05) is 6.61 Å². The van der Waals surface area contributed by atoms with Gasteiger partial charge in [0.1, 0.15) is 42.5 Å². The Morgan fingerprint density at radius 1 is 0.944 bits per heavy atom. The number of hydrogen-bond acceptors (Lipinski definition) is 8. The van der Waals surface area contributed by atoms with Crippen molar-refractivity contribution in [1.82, 2.24) is 10.2 Å². The average molecular weight is 510 g/mol.